The van der Waals surface area contributed by atoms with Gasteiger partial charge in [-0.05, 0) is 13.8 Å². The minimum atomic E-state index is 0.266. The molecule has 0 bridgehead atoms. The van der Waals surface area contributed by atoms with Gasteiger partial charge in [0.2, 0.25) is 0 Å². The summed E-state index contributed by atoms with van der Waals surface area (Å²) in [5, 5.41) is 6.53. The summed E-state index contributed by atoms with van der Waals surface area (Å²) >= 11 is 0. The summed E-state index contributed by atoms with van der Waals surface area (Å²) < 4.78 is 5.40. The number of hydrogen-bond donors (Lipinski definition) is 2. The highest BCUT2D eigenvalue weighted by Gasteiger charge is 1.96. The molecule has 0 aliphatic heterocycles. The van der Waals surface area contributed by atoms with Crippen molar-refractivity contribution in [3.63, 3.8) is 0 Å². The van der Waals surface area contributed by atoms with Crippen molar-refractivity contribution in [1.82, 2.24) is 10.6 Å². The molecule has 3 nitrogen and oxygen atoms in total. The van der Waals surface area contributed by atoms with Crippen molar-refractivity contribution in [2.75, 3.05) is 19.7 Å². The molecule has 0 atom stereocenters. The lowest BCUT2D eigenvalue weighted by Gasteiger charge is -2.13. The maximum Gasteiger partial charge on any atom is 0.0859 e. The van der Waals surface area contributed by atoms with Gasteiger partial charge in [0.1, 0.15) is 0 Å². The van der Waals surface area contributed by atoms with E-state index in [4.69, 9.17) is 4.74 Å². The normalized spacial score (nSPS) is 11.0. The Bertz CT molecular complexity index is 155. The zero-order chi connectivity index (χ0) is 11.0. The van der Waals surface area contributed by atoms with Crippen LogP contribution >= 0.6 is 0 Å². The van der Waals surface area contributed by atoms with Gasteiger partial charge in [0.05, 0.1) is 12.7 Å². The summed E-state index contributed by atoms with van der Waals surface area (Å²) in [6.45, 7) is 14.6. The van der Waals surface area contributed by atoms with Crippen LogP contribution in [0.5, 0.6) is 0 Å². The van der Waals surface area contributed by atoms with Gasteiger partial charge in [0.25, 0.3) is 0 Å². The van der Waals surface area contributed by atoms with Crippen LogP contribution in [0.25, 0.3) is 0 Å². The first kappa shape index (κ1) is 13.5. The van der Waals surface area contributed by atoms with Crippen LogP contribution in [0.3, 0.4) is 0 Å². The highest BCUT2D eigenvalue weighted by Crippen LogP contribution is 1.91. The van der Waals surface area contributed by atoms with Gasteiger partial charge in [-0.2, -0.15) is 0 Å². The van der Waals surface area contributed by atoms with Crippen LogP contribution in [0.1, 0.15) is 27.7 Å². The first-order valence-electron chi connectivity index (χ1n) is 5.29. The van der Waals surface area contributed by atoms with E-state index in [1.54, 1.807) is 0 Å². The molecular weight excluding hydrogens is 176 g/mol. The van der Waals surface area contributed by atoms with Crippen LogP contribution in [0.15, 0.2) is 12.3 Å². The van der Waals surface area contributed by atoms with E-state index in [2.05, 4.69) is 31.1 Å². The van der Waals surface area contributed by atoms with Crippen LogP contribution in [-0.2, 0) is 4.74 Å². The molecule has 0 aromatic carbocycles. The summed E-state index contributed by atoms with van der Waals surface area (Å²) in [7, 11) is 0. The highest BCUT2D eigenvalue weighted by molar-refractivity contribution is 4.91. The Hall–Kier alpha value is -0.540. The first-order chi connectivity index (χ1) is 6.52. The lowest BCUT2D eigenvalue weighted by atomic mass is 10.4. The smallest absolute Gasteiger partial charge is 0.0859 e. The Labute approximate surface area is 87.9 Å². The third-order valence-corrected chi connectivity index (χ3v) is 1.64. The summed E-state index contributed by atoms with van der Waals surface area (Å²) in [5.74, 6) is 0. The molecule has 0 aromatic rings. The van der Waals surface area contributed by atoms with E-state index in [0.29, 0.717) is 12.6 Å². The van der Waals surface area contributed by atoms with Crippen LogP contribution < -0.4 is 10.6 Å². The molecule has 0 saturated carbocycles. The Balaban J connectivity index is 3.27. The van der Waals surface area contributed by atoms with Gasteiger partial charge in [0.15, 0.2) is 0 Å². The van der Waals surface area contributed by atoms with E-state index in [9.17, 15) is 0 Å². The molecule has 14 heavy (non-hydrogen) atoms. The van der Waals surface area contributed by atoms with E-state index in [1.165, 1.54) is 0 Å². The minimum absolute atomic E-state index is 0.266. The van der Waals surface area contributed by atoms with Gasteiger partial charge in [-0.25, -0.2) is 0 Å². The van der Waals surface area contributed by atoms with Crippen LogP contribution in [0.4, 0.5) is 0 Å². The minimum Gasteiger partial charge on any atom is -0.386 e. The quantitative estimate of drug-likeness (QED) is 0.583. The van der Waals surface area contributed by atoms with E-state index in [-0.39, 0.29) is 6.10 Å². The maximum atomic E-state index is 5.40. The number of rotatable bonds is 8. The number of hydrogen-bond acceptors (Lipinski definition) is 3. The molecule has 0 amide bonds. The summed E-state index contributed by atoms with van der Waals surface area (Å²) in [6.07, 6.45) is 0.266. The Kier molecular flexibility index (Phi) is 7.52. The molecule has 0 aliphatic carbocycles. The number of ether oxygens (including phenoxy) is 1. The van der Waals surface area contributed by atoms with Crippen molar-refractivity contribution in [3.8, 4) is 0 Å². The summed E-state index contributed by atoms with van der Waals surface area (Å²) in [6, 6.07) is 0.539. The monoisotopic (exact) mass is 200 g/mol. The molecule has 0 heterocycles. The molecule has 0 spiro atoms. The van der Waals surface area contributed by atoms with Crippen molar-refractivity contribution in [2.24, 2.45) is 0 Å². The van der Waals surface area contributed by atoms with E-state index in [1.807, 2.05) is 13.8 Å². The van der Waals surface area contributed by atoms with Crippen molar-refractivity contribution < 1.29 is 4.74 Å². The lowest BCUT2D eigenvalue weighted by Crippen LogP contribution is -2.32. The van der Waals surface area contributed by atoms with Gasteiger partial charge in [-0.15, -0.1) is 0 Å². The molecule has 0 radical (unpaired) electrons. The summed E-state index contributed by atoms with van der Waals surface area (Å²) in [4.78, 5) is 0. The maximum absolute atomic E-state index is 5.40. The van der Waals surface area contributed by atoms with Gasteiger partial charge in [-0.3, -0.25) is 0 Å². The number of nitrogens with one attached hydrogen (secondary N) is 2. The fourth-order valence-corrected chi connectivity index (χ4v) is 0.918. The highest BCUT2D eigenvalue weighted by atomic mass is 16.5. The Morgan fingerprint density at radius 3 is 2.36 bits per heavy atom. The molecule has 0 fully saturated rings. The SMILES string of the molecule is C=C(COC(C)C)NCCNC(C)C. The second-order valence-electron chi connectivity index (χ2n) is 4.00. The zero-order valence-corrected chi connectivity index (χ0v) is 9.89. The van der Waals surface area contributed by atoms with Crippen molar-refractivity contribution in [2.45, 2.75) is 39.8 Å². The molecule has 84 valence electrons. The van der Waals surface area contributed by atoms with E-state index < -0.39 is 0 Å². The Morgan fingerprint density at radius 2 is 1.86 bits per heavy atom. The topological polar surface area (TPSA) is 33.3 Å². The van der Waals surface area contributed by atoms with E-state index >= 15 is 0 Å². The first-order valence-corrected chi connectivity index (χ1v) is 5.29. The molecule has 2 N–H and O–H groups in total. The molecular formula is C11H24N2O. The fourth-order valence-electron chi connectivity index (χ4n) is 0.918. The van der Waals surface area contributed by atoms with Crippen molar-refractivity contribution in [3.05, 3.63) is 12.3 Å². The van der Waals surface area contributed by atoms with Crippen molar-refractivity contribution >= 4 is 0 Å². The van der Waals surface area contributed by atoms with Gasteiger partial charge < -0.3 is 15.4 Å². The van der Waals surface area contributed by atoms with Crippen LogP contribution in [0, 0.1) is 0 Å². The van der Waals surface area contributed by atoms with Gasteiger partial charge >= 0.3 is 0 Å². The third-order valence-electron chi connectivity index (χ3n) is 1.64. The van der Waals surface area contributed by atoms with Crippen LogP contribution in [0.2, 0.25) is 0 Å². The zero-order valence-electron chi connectivity index (χ0n) is 9.89. The second-order valence-corrected chi connectivity index (χ2v) is 4.00. The van der Waals surface area contributed by atoms with Gasteiger partial charge in [0, 0.05) is 24.8 Å². The average molecular weight is 200 g/mol. The Morgan fingerprint density at radius 1 is 1.21 bits per heavy atom. The molecule has 0 aliphatic rings. The molecule has 3 heteroatoms. The third kappa shape index (κ3) is 9.55. The molecule has 0 rings (SSSR count). The average Bonchev–Trinajstić information content (AvgIpc) is 2.08. The molecule has 0 aromatic heterocycles. The molecule has 0 unspecified atom stereocenters. The predicted octanol–water partition coefficient (Wildman–Crippen LogP) is 1.51. The van der Waals surface area contributed by atoms with Crippen LogP contribution in [-0.4, -0.2) is 31.8 Å². The second kappa shape index (κ2) is 7.83. The fraction of sp³-hybridized carbons (Fsp3) is 0.818. The van der Waals surface area contributed by atoms with E-state index in [0.717, 1.165) is 18.8 Å². The summed E-state index contributed by atoms with van der Waals surface area (Å²) in [5.41, 5.74) is 0.948. The molecule has 0 saturated heterocycles. The lowest BCUT2D eigenvalue weighted by molar-refractivity contribution is 0.0944. The predicted molar refractivity (Wildman–Crippen MR) is 61.4 cm³/mol. The van der Waals surface area contributed by atoms with Gasteiger partial charge in [-0.1, -0.05) is 20.4 Å². The standard InChI is InChI=1S/C11H24N2O/c1-9(2)12-6-7-13-11(5)8-14-10(3)4/h9-10,12-13H,5-8H2,1-4H3. The largest absolute Gasteiger partial charge is 0.386 e. The van der Waals surface area contributed by atoms with Crippen molar-refractivity contribution in [1.29, 1.82) is 0 Å².